The predicted octanol–water partition coefficient (Wildman–Crippen LogP) is 1.99. The zero-order chi connectivity index (χ0) is 14.8. The lowest BCUT2D eigenvalue weighted by atomic mass is 10.1. The van der Waals surface area contributed by atoms with Gasteiger partial charge in [-0.15, -0.1) is 0 Å². The molecule has 7 heteroatoms. The summed E-state index contributed by atoms with van der Waals surface area (Å²) in [4.78, 5) is 1.86. The molecule has 0 saturated carbocycles. The molecule has 1 fully saturated rings. The zero-order valence-corrected chi connectivity index (χ0v) is 12.0. The van der Waals surface area contributed by atoms with Crippen molar-refractivity contribution in [1.29, 1.82) is 0 Å². The largest absolute Gasteiger partial charge is 0.416 e. The highest BCUT2D eigenvalue weighted by Gasteiger charge is 2.34. The quantitative estimate of drug-likeness (QED) is 0.927. The van der Waals surface area contributed by atoms with Gasteiger partial charge < -0.3 is 10.2 Å². The van der Waals surface area contributed by atoms with Gasteiger partial charge in [0.05, 0.1) is 5.56 Å². The minimum atomic E-state index is -4.36. The lowest BCUT2D eigenvalue weighted by Gasteiger charge is -2.29. The smallest absolute Gasteiger partial charge is 0.370 e. The molecule has 3 nitrogen and oxygen atoms in total. The normalized spacial score (nSPS) is 17.5. The van der Waals surface area contributed by atoms with Crippen molar-refractivity contribution in [2.24, 2.45) is 0 Å². The maximum absolute atomic E-state index is 13.1. The van der Waals surface area contributed by atoms with Gasteiger partial charge in [-0.05, 0) is 24.7 Å². The Kier molecular flexibility index (Phi) is 4.70. The van der Waals surface area contributed by atoms with Crippen molar-refractivity contribution in [1.82, 2.24) is 5.32 Å². The molecule has 1 aromatic carbocycles. The van der Waals surface area contributed by atoms with E-state index >= 15 is 0 Å². The summed E-state index contributed by atoms with van der Waals surface area (Å²) < 4.78 is 50.6. The maximum Gasteiger partial charge on any atom is 0.416 e. The third kappa shape index (κ3) is 3.52. The average Bonchev–Trinajstić information content (AvgIpc) is 2.39. The predicted molar refractivity (Wildman–Crippen MR) is 74.3 cm³/mol. The van der Waals surface area contributed by atoms with Crippen LogP contribution in [0.3, 0.4) is 0 Å². The Morgan fingerprint density at radius 1 is 1.30 bits per heavy atom. The van der Waals surface area contributed by atoms with Crippen LogP contribution in [0.15, 0.2) is 18.2 Å². The van der Waals surface area contributed by atoms with Crippen LogP contribution < -0.4 is 10.2 Å². The van der Waals surface area contributed by atoms with Gasteiger partial charge in [0.15, 0.2) is 0 Å². The SMILES string of the molecule is CNCc1ccc(N2CCS(=O)CC2)cc1C(F)(F)F. The topological polar surface area (TPSA) is 32.3 Å². The molecule has 0 aromatic heterocycles. The molecule has 1 N–H and O–H groups in total. The Morgan fingerprint density at radius 3 is 2.50 bits per heavy atom. The van der Waals surface area contributed by atoms with E-state index in [9.17, 15) is 17.4 Å². The van der Waals surface area contributed by atoms with Crippen molar-refractivity contribution in [3.8, 4) is 0 Å². The van der Waals surface area contributed by atoms with Crippen molar-refractivity contribution in [2.75, 3.05) is 36.5 Å². The fourth-order valence-corrected chi connectivity index (χ4v) is 3.32. The summed E-state index contributed by atoms with van der Waals surface area (Å²) >= 11 is 0. The minimum absolute atomic E-state index is 0.180. The van der Waals surface area contributed by atoms with E-state index in [2.05, 4.69) is 5.32 Å². The highest BCUT2D eigenvalue weighted by Crippen LogP contribution is 2.34. The fraction of sp³-hybridized carbons (Fsp3) is 0.538. The standard InChI is InChI=1S/C13H17F3N2OS/c1-17-9-10-2-3-11(8-12(10)13(14,15)16)18-4-6-20(19)7-5-18/h2-3,8,17H,4-7,9H2,1H3. The highest BCUT2D eigenvalue weighted by molar-refractivity contribution is 7.85. The van der Waals surface area contributed by atoms with E-state index in [1.807, 2.05) is 4.90 Å². The number of halogens is 3. The Bertz CT molecular complexity index is 495. The van der Waals surface area contributed by atoms with E-state index in [0.29, 0.717) is 30.3 Å². The second-order valence-corrected chi connectivity index (χ2v) is 6.40. The first-order valence-corrected chi connectivity index (χ1v) is 7.85. The molecule has 1 aliphatic heterocycles. The number of nitrogens with one attached hydrogen (secondary N) is 1. The zero-order valence-electron chi connectivity index (χ0n) is 11.2. The summed E-state index contributed by atoms with van der Waals surface area (Å²) in [5.74, 6) is 1.03. The molecule has 0 atom stereocenters. The Morgan fingerprint density at radius 2 is 1.95 bits per heavy atom. The molecule has 1 aliphatic rings. The molecule has 112 valence electrons. The first-order chi connectivity index (χ1) is 9.41. The summed E-state index contributed by atoms with van der Waals surface area (Å²) in [5.41, 5.74) is 0.189. The summed E-state index contributed by atoms with van der Waals surface area (Å²) in [6, 6.07) is 4.41. The molecule has 1 saturated heterocycles. The fourth-order valence-electron chi connectivity index (χ4n) is 2.27. The van der Waals surface area contributed by atoms with Crippen molar-refractivity contribution >= 4 is 16.5 Å². The van der Waals surface area contributed by atoms with Crippen LogP contribution >= 0.6 is 0 Å². The van der Waals surface area contributed by atoms with Crippen LogP contribution in [0.2, 0.25) is 0 Å². The molecule has 0 bridgehead atoms. The Balaban J connectivity index is 2.29. The van der Waals surface area contributed by atoms with Gasteiger partial charge in [-0.3, -0.25) is 4.21 Å². The third-order valence-corrected chi connectivity index (χ3v) is 4.58. The molecule has 0 amide bonds. The first kappa shape index (κ1) is 15.3. The number of benzene rings is 1. The van der Waals surface area contributed by atoms with E-state index in [-0.39, 0.29) is 12.1 Å². The van der Waals surface area contributed by atoms with Crippen LogP contribution in [0.5, 0.6) is 0 Å². The molecular weight excluding hydrogens is 289 g/mol. The van der Waals surface area contributed by atoms with E-state index in [1.165, 1.54) is 12.1 Å². The van der Waals surface area contributed by atoms with E-state index in [1.54, 1.807) is 13.1 Å². The summed E-state index contributed by atoms with van der Waals surface area (Å²) in [5, 5.41) is 2.75. The van der Waals surface area contributed by atoms with Crippen LogP contribution in [0.25, 0.3) is 0 Å². The maximum atomic E-state index is 13.1. The van der Waals surface area contributed by atoms with Crippen LogP contribution in [0.1, 0.15) is 11.1 Å². The van der Waals surface area contributed by atoms with Gasteiger partial charge >= 0.3 is 6.18 Å². The average molecular weight is 306 g/mol. The number of alkyl halides is 3. The second kappa shape index (κ2) is 6.13. The van der Waals surface area contributed by atoms with Crippen LogP contribution in [0.4, 0.5) is 18.9 Å². The van der Waals surface area contributed by atoms with Gasteiger partial charge in [0.1, 0.15) is 0 Å². The summed E-state index contributed by atoms with van der Waals surface area (Å²) in [6.07, 6.45) is -4.36. The molecule has 0 radical (unpaired) electrons. The number of anilines is 1. The number of rotatable bonds is 3. The van der Waals surface area contributed by atoms with Crippen LogP contribution in [-0.4, -0.2) is 35.9 Å². The minimum Gasteiger partial charge on any atom is -0.370 e. The van der Waals surface area contributed by atoms with Gasteiger partial charge in [-0.1, -0.05) is 6.07 Å². The second-order valence-electron chi connectivity index (χ2n) is 4.70. The van der Waals surface area contributed by atoms with Gasteiger partial charge in [-0.2, -0.15) is 13.2 Å². The molecule has 1 heterocycles. The molecule has 2 rings (SSSR count). The highest BCUT2D eigenvalue weighted by atomic mass is 32.2. The monoisotopic (exact) mass is 306 g/mol. The summed E-state index contributed by atoms with van der Waals surface area (Å²) in [7, 11) is 0.781. The van der Waals surface area contributed by atoms with Gasteiger partial charge in [0, 0.05) is 47.6 Å². The lowest BCUT2D eigenvalue weighted by molar-refractivity contribution is -0.138. The van der Waals surface area contributed by atoms with Gasteiger partial charge in [0.25, 0.3) is 0 Å². The molecule has 1 aromatic rings. The number of hydrogen-bond acceptors (Lipinski definition) is 3. The third-order valence-electron chi connectivity index (χ3n) is 3.31. The molecule has 0 spiro atoms. The van der Waals surface area contributed by atoms with Crippen molar-refractivity contribution in [2.45, 2.75) is 12.7 Å². The van der Waals surface area contributed by atoms with Crippen molar-refractivity contribution < 1.29 is 17.4 Å². The first-order valence-electron chi connectivity index (χ1n) is 6.36. The van der Waals surface area contributed by atoms with Crippen LogP contribution in [0, 0.1) is 0 Å². The van der Waals surface area contributed by atoms with Crippen LogP contribution in [-0.2, 0) is 23.5 Å². The number of hydrogen-bond donors (Lipinski definition) is 1. The summed E-state index contributed by atoms with van der Waals surface area (Å²) in [6.45, 7) is 1.25. The van der Waals surface area contributed by atoms with Gasteiger partial charge in [-0.25, -0.2) is 0 Å². The van der Waals surface area contributed by atoms with E-state index in [4.69, 9.17) is 0 Å². The Hall–Kier alpha value is -1.08. The molecule has 0 unspecified atom stereocenters. The molecular formula is C13H17F3N2OS. The Labute approximate surface area is 118 Å². The van der Waals surface area contributed by atoms with Crippen molar-refractivity contribution in [3.05, 3.63) is 29.3 Å². The van der Waals surface area contributed by atoms with Crippen molar-refractivity contribution in [3.63, 3.8) is 0 Å². The van der Waals surface area contributed by atoms with E-state index in [0.717, 1.165) is 0 Å². The lowest BCUT2D eigenvalue weighted by Crippen LogP contribution is -2.37. The molecule has 20 heavy (non-hydrogen) atoms. The van der Waals surface area contributed by atoms with Gasteiger partial charge in [0.2, 0.25) is 0 Å². The molecule has 0 aliphatic carbocycles. The van der Waals surface area contributed by atoms with E-state index < -0.39 is 22.5 Å². The number of nitrogens with zero attached hydrogens (tertiary/aromatic N) is 1.